The molecule has 0 spiro atoms. The van der Waals surface area contributed by atoms with Crippen molar-refractivity contribution in [3.63, 3.8) is 0 Å². The van der Waals surface area contributed by atoms with Gasteiger partial charge in [0.05, 0.1) is 18.4 Å². The van der Waals surface area contributed by atoms with Crippen LogP contribution in [0.2, 0.25) is 0 Å². The van der Waals surface area contributed by atoms with Gasteiger partial charge in [0.25, 0.3) is 0 Å². The lowest BCUT2D eigenvalue weighted by molar-refractivity contribution is -0.176. The Hall–Kier alpha value is -1.10. The summed E-state index contributed by atoms with van der Waals surface area (Å²) >= 11 is 0. The van der Waals surface area contributed by atoms with Gasteiger partial charge in [0.2, 0.25) is 0 Å². The molecule has 6 aliphatic rings. The summed E-state index contributed by atoms with van der Waals surface area (Å²) in [5, 5.41) is 0. The fourth-order valence-electron chi connectivity index (χ4n) is 7.91. The number of carbonyl (C=O) groups excluding carboxylic acids is 2. The molecule has 0 radical (unpaired) electrons. The Balaban J connectivity index is 1.08. The van der Waals surface area contributed by atoms with Crippen LogP contribution in [0.4, 0.5) is 0 Å². The Bertz CT molecular complexity index is 620. The summed E-state index contributed by atoms with van der Waals surface area (Å²) < 4.78 is 17.1. The minimum atomic E-state index is -0.159. The Morgan fingerprint density at radius 1 is 0.897 bits per heavy atom. The van der Waals surface area contributed by atoms with E-state index in [9.17, 15) is 9.59 Å². The lowest BCUT2D eigenvalue weighted by atomic mass is 9.50. The van der Waals surface area contributed by atoms with Crippen molar-refractivity contribution in [2.75, 3.05) is 13.4 Å². The molecule has 0 N–H and O–H groups in total. The van der Waals surface area contributed by atoms with Crippen LogP contribution in [0, 0.1) is 46.8 Å². The molecule has 0 amide bonds. The van der Waals surface area contributed by atoms with Crippen molar-refractivity contribution in [3.05, 3.63) is 0 Å². The molecule has 5 heteroatoms. The molecule has 6 bridgehead atoms. The number of fused-ring (bicyclic) bond motifs is 2. The summed E-state index contributed by atoms with van der Waals surface area (Å²) in [4.78, 5) is 24.6. The second kappa shape index (κ2) is 7.55. The van der Waals surface area contributed by atoms with Gasteiger partial charge in [-0.25, -0.2) is 0 Å². The Kier molecular flexibility index (Phi) is 5.16. The first-order chi connectivity index (χ1) is 13.9. The van der Waals surface area contributed by atoms with Crippen molar-refractivity contribution in [2.45, 2.75) is 77.7 Å². The molecule has 5 nitrogen and oxygen atoms in total. The highest BCUT2D eigenvalue weighted by atomic mass is 16.7. The van der Waals surface area contributed by atoms with Crippen molar-refractivity contribution in [3.8, 4) is 0 Å². The van der Waals surface area contributed by atoms with Gasteiger partial charge in [0.1, 0.15) is 6.10 Å². The predicted molar refractivity (Wildman–Crippen MR) is 107 cm³/mol. The van der Waals surface area contributed by atoms with Gasteiger partial charge in [-0.3, -0.25) is 9.59 Å². The lowest BCUT2D eigenvalue weighted by Gasteiger charge is -2.56. The number of carbonyl (C=O) groups is 2. The van der Waals surface area contributed by atoms with Crippen LogP contribution >= 0.6 is 0 Å². The van der Waals surface area contributed by atoms with Gasteiger partial charge < -0.3 is 14.2 Å². The second-order valence-electron chi connectivity index (χ2n) is 11.3. The Labute approximate surface area is 174 Å². The summed E-state index contributed by atoms with van der Waals surface area (Å²) in [7, 11) is 0. The molecule has 6 saturated carbocycles. The summed E-state index contributed by atoms with van der Waals surface area (Å²) in [6.45, 7) is 4.52. The fourth-order valence-corrected chi connectivity index (χ4v) is 7.91. The number of hydrogen-bond acceptors (Lipinski definition) is 5. The van der Waals surface area contributed by atoms with Crippen molar-refractivity contribution in [1.82, 2.24) is 0 Å². The molecule has 0 aromatic heterocycles. The zero-order valence-electron chi connectivity index (χ0n) is 17.9. The number of esters is 2. The number of hydrogen-bond donors (Lipinski definition) is 0. The first-order valence-corrected chi connectivity index (χ1v) is 11.9. The summed E-state index contributed by atoms with van der Waals surface area (Å²) in [6.07, 6.45) is 10.8. The third-order valence-corrected chi connectivity index (χ3v) is 8.65. The van der Waals surface area contributed by atoms with E-state index in [0.717, 1.165) is 43.6 Å². The topological polar surface area (TPSA) is 61.8 Å². The maximum absolute atomic E-state index is 12.7. The minimum absolute atomic E-state index is 0.0743. The quantitative estimate of drug-likeness (QED) is 0.359. The molecule has 0 heterocycles. The zero-order chi connectivity index (χ0) is 20.2. The van der Waals surface area contributed by atoms with E-state index in [-0.39, 0.29) is 42.6 Å². The SMILES string of the molecule is CC(C)C(=O)OC1CC2CC(C(=O)OCOCC34CC5CC(CC(C5)C3)C4)C1C2. The summed E-state index contributed by atoms with van der Waals surface area (Å²) in [6, 6.07) is 0. The van der Waals surface area contributed by atoms with E-state index < -0.39 is 0 Å². The third kappa shape index (κ3) is 3.84. The van der Waals surface area contributed by atoms with Crippen molar-refractivity contribution in [2.24, 2.45) is 46.8 Å². The molecule has 0 aromatic rings. The Morgan fingerprint density at radius 2 is 1.55 bits per heavy atom. The highest BCUT2D eigenvalue weighted by Crippen LogP contribution is 2.60. The molecule has 6 rings (SSSR count). The summed E-state index contributed by atoms with van der Waals surface area (Å²) in [5.74, 6) is 2.75. The highest BCUT2D eigenvalue weighted by molar-refractivity contribution is 5.74. The van der Waals surface area contributed by atoms with Gasteiger partial charge in [0, 0.05) is 5.92 Å². The van der Waals surface area contributed by atoms with Crippen LogP contribution in [0.1, 0.15) is 71.6 Å². The van der Waals surface area contributed by atoms with E-state index in [1.54, 1.807) is 0 Å². The van der Waals surface area contributed by atoms with E-state index in [2.05, 4.69) is 0 Å². The molecule has 29 heavy (non-hydrogen) atoms. The molecular formula is C24H36O5. The van der Waals surface area contributed by atoms with Gasteiger partial charge >= 0.3 is 11.9 Å². The molecule has 0 aromatic carbocycles. The van der Waals surface area contributed by atoms with Crippen LogP contribution in [0.5, 0.6) is 0 Å². The first-order valence-electron chi connectivity index (χ1n) is 11.9. The van der Waals surface area contributed by atoms with Crippen LogP contribution in [-0.2, 0) is 23.8 Å². The van der Waals surface area contributed by atoms with E-state index in [4.69, 9.17) is 14.2 Å². The second-order valence-corrected chi connectivity index (χ2v) is 11.3. The standard InChI is InChI=1S/C24H36O5/c1-14(2)22(25)29-21-8-15-6-19(21)20(7-15)23(26)28-13-27-12-24-9-16-3-17(10-24)5-18(4-16)11-24/h14-21H,3-13H2,1-2H3. The number of rotatable bonds is 7. The van der Waals surface area contributed by atoms with Crippen LogP contribution in [0.3, 0.4) is 0 Å². The van der Waals surface area contributed by atoms with Crippen molar-refractivity contribution in [1.29, 1.82) is 0 Å². The highest BCUT2D eigenvalue weighted by Gasteiger charge is 2.52. The first kappa shape index (κ1) is 19.8. The minimum Gasteiger partial charge on any atom is -0.462 e. The predicted octanol–water partition coefficient (Wildman–Crippen LogP) is 4.33. The fraction of sp³-hybridized carbons (Fsp3) is 0.917. The Morgan fingerprint density at radius 3 is 2.14 bits per heavy atom. The maximum atomic E-state index is 12.7. The van der Waals surface area contributed by atoms with E-state index in [0.29, 0.717) is 11.3 Å². The normalized spacial score (nSPS) is 44.4. The van der Waals surface area contributed by atoms with Crippen LogP contribution in [-0.4, -0.2) is 31.4 Å². The van der Waals surface area contributed by atoms with Crippen molar-refractivity contribution < 1.29 is 23.8 Å². The van der Waals surface area contributed by atoms with Crippen LogP contribution < -0.4 is 0 Å². The third-order valence-electron chi connectivity index (χ3n) is 8.65. The molecule has 4 atom stereocenters. The summed E-state index contributed by atoms with van der Waals surface area (Å²) in [5.41, 5.74) is 0.351. The molecule has 6 fully saturated rings. The molecule has 162 valence electrons. The maximum Gasteiger partial charge on any atom is 0.311 e. The van der Waals surface area contributed by atoms with Crippen LogP contribution in [0.15, 0.2) is 0 Å². The van der Waals surface area contributed by atoms with E-state index >= 15 is 0 Å². The van der Waals surface area contributed by atoms with Crippen LogP contribution in [0.25, 0.3) is 0 Å². The van der Waals surface area contributed by atoms with Gasteiger partial charge in [-0.05, 0) is 86.9 Å². The molecule has 6 aliphatic carbocycles. The largest absolute Gasteiger partial charge is 0.462 e. The van der Waals surface area contributed by atoms with Gasteiger partial charge in [-0.15, -0.1) is 0 Å². The molecule has 0 aliphatic heterocycles. The average molecular weight is 405 g/mol. The van der Waals surface area contributed by atoms with E-state index in [1.807, 2.05) is 13.8 Å². The van der Waals surface area contributed by atoms with Gasteiger partial charge in [-0.2, -0.15) is 0 Å². The van der Waals surface area contributed by atoms with E-state index in [1.165, 1.54) is 38.5 Å². The smallest absolute Gasteiger partial charge is 0.311 e. The zero-order valence-corrected chi connectivity index (χ0v) is 17.9. The molecular weight excluding hydrogens is 368 g/mol. The van der Waals surface area contributed by atoms with Gasteiger partial charge in [-0.1, -0.05) is 13.8 Å². The molecule has 4 unspecified atom stereocenters. The molecule has 0 saturated heterocycles. The monoisotopic (exact) mass is 404 g/mol. The lowest BCUT2D eigenvalue weighted by Crippen LogP contribution is -2.48. The average Bonchev–Trinajstić information content (AvgIpc) is 3.24. The van der Waals surface area contributed by atoms with Gasteiger partial charge in [0.15, 0.2) is 6.79 Å². The number of ether oxygens (including phenoxy) is 3. The van der Waals surface area contributed by atoms with Crippen molar-refractivity contribution >= 4 is 11.9 Å².